The third-order valence-electron chi connectivity index (χ3n) is 5.02. The zero-order chi connectivity index (χ0) is 21.9. The number of carbonyl (C=O) groups is 1. The summed E-state index contributed by atoms with van der Waals surface area (Å²) in [5, 5.41) is 18.0. The van der Waals surface area contributed by atoms with Gasteiger partial charge in [0.2, 0.25) is 0 Å². The maximum absolute atomic E-state index is 11.9. The molecule has 0 aliphatic carbocycles. The average Bonchev–Trinajstić information content (AvgIpc) is 3.27. The van der Waals surface area contributed by atoms with E-state index >= 15 is 0 Å². The predicted octanol–water partition coefficient (Wildman–Crippen LogP) is 5.06. The van der Waals surface area contributed by atoms with Gasteiger partial charge in [0.15, 0.2) is 5.82 Å². The Hall–Kier alpha value is -4.46. The van der Waals surface area contributed by atoms with Crippen molar-refractivity contribution in [2.75, 3.05) is 17.2 Å². The second-order valence-corrected chi connectivity index (χ2v) is 7.28. The van der Waals surface area contributed by atoms with Gasteiger partial charge in [-0.25, -0.2) is 14.8 Å². The molecule has 5 aromatic rings. The van der Waals surface area contributed by atoms with Crippen LogP contribution in [0.3, 0.4) is 0 Å². The fraction of sp³-hybridized carbons (Fsp3) is 0.0833. The summed E-state index contributed by atoms with van der Waals surface area (Å²) in [6, 6.07) is 21.1. The second-order valence-electron chi connectivity index (χ2n) is 7.28. The molecule has 0 atom stereocenters. The maximum atomic E-state index is 11.9. The van der Waals surface area contributed by atoms with Crippen LogP contribution in [-0.2, 0) is 0 Å². The Bertz CT molecular complexity index is 1430. The van der Waals surface area contributed by atoms with E-state index in [4.69, 9.17) is 9.97 Å². The number of aromatic amines is 1. The third-order valence-corrected chi connectivity index (χ3v) is 5.02. The number of aromatic nitrogens is 4. The number of hydrogen-bond donors (Lipinski definition) is 4. The van der Waals surface area contributed by atoms with Crippen molar-refractivity contribution >= 4 is 45.0 Å². The summed E-state index contributed by atoms with van der Waals surface area (Å²) < 4.78 is 0. The number of urea groups is 1. The third kappa shape index (κ3) is 3.93. The second kappa shape index (κ2) is 8.35. The average molecular weight is 423 g/mol. The van der Waals surface area contributed by atoms with Gasteiger partial charge < -0.3 is 16.0 Å². The van der Waals surface area contributed by atoms with E-state index in [1.807, 2.05) is 73.7 Å². The highest BCUT2D eigenvalue weighted by atomic mass is 16.2. The van der Waals surface area contributed by atoms with Crippen LogP contribution < -0.4 is 16.0 Å². The van der Waals surface area contributed by atoms with Crippen LogP contribution in [0.25, 0.3) is 33.2 Å². The Morgan fingerprint density at radius 2 is 1.88 bits per heavy atom. The van der Waals surface area contributed by atoms with Gasteiger partial charge in [-0.2, -0.15) is 5.10 Å². The fourth-order valence-corrected chi connectivity index (χ4v) is 3.53. The summed E-state index contributed by atoms with van der Waals surface area (Å²) >= 11 is 0. The molecule has 0 radical (unpaired) electrons. The quantitative estimate of drug-likeness (QED) is 0.316. The molecule has 0 aliphatic heterocycles. The normalized spacial score (nSPS) is 10.9. The Morgan fingerprint density at radius 1 is 0.969 bits per heavy atom. The lowest BCUT2D eigenvalue weighted by atomic mass is 10.1. The smallest absolute Gasteiger partial charge is 0.319 e. The van der Waals surface area contributed by atoms with Crippen molar-refractivity contribution in [1.29, 1.82) is 0 Å². The molecule has 2 aromatic heterocycles. The number of H-pyrrole nitrogens is 1. The molecular formula is C24H21N7O. The lowest BCUT2D eigenvalue weighted by Gasteiger charge is -2.12. The number of anilines is 3. The lowest BCUT2D eigenvalue weighted by Crippen LogP contribution is -2.28. The molecule has 0 fully saturated rings. The van der Waals surface area contributed by atoms with E-state index < -0.39 is 0 Å². The van der Waals surface area contributed by atoms with Gasteiger partial charge in [0.1, 0.15) is 5.82 Å². The highest BCUT2D eigenvalue weighted by Crippen LogP contribution is 2.29. The van der Waals surface area contributed by atoms with E-state index in [0.717, 1.165) is 33.1 Å². The first kappa shape index (κ1) is 19.5. The van der Waals surface area contributed by atoms with Gasteiger partial charge in [-0.15, -0.1) is 0 Å². The minimum absolute atomic E-state index is 0.249. The number of carbonyl (C=O) groups excluding carboxylic acids is 1. The Morgan fingerprint density at radius 3 is 2.78 bits per heavy atom. The molecule has 3 aromatic carbocycles. The molecule has 2 heterocycles. The first-order chi connectivity index (χ1) is 15.7. The summed E-state index contributed by atoms with van der Waals surface area (Å²) in [5.74, 6) is 1.27. The largest absolute Gasteiger partial charge is 0.340 e. The van der Waals surface area contributed by atoms with Crippen molar-refractivity contribution in [2.45, 2.75) is 6.92 Å². The minimum Gasteiger partial charge on any atom is -0.340 e. The van der Waals surface area contributed by atoms with E-state index in [1.54, 1.807) is 6.20 Å². The topological polar surface area (TPSA) is 108 Å². The molecule has 0 saturated carbocycles. The molecule has 0 aliphatic rings. The number of para-hydroxylation sites is 1. The monoisotopic (exact) mass is 423 g/mol. The van der Waals surface area contributed by atoms with Crippen LogP contribution in [0, 0.1) is 0 Å². The van der Waals surface area contributed by atoms with Gasteiger partial charge in [0.25, 0.3) is 0 Å². The zero-order valence-electron chi connectivity index (χ0n) is 17.4. The summed E-state index contributed by atoms with van der Waals surface area (Å²) in [6.45, 7) is 2.43. The van der Waals surface area contributed by atoms with Gasteiger partial charge >= 0.3 is 6.03 Å². The molecule has 0 bridgehead atoms. The number of rotatable bonds is 5. The highest BCUT2D eigenvalue weighted by Gasteiger charge is 2.11. The van der Waals surface area contributed by atoms with Crippen molar-refractivity contribution < 1.29 is 4.79 Å². The molecule has 8 nitrogen and oxygen atoms in total. The molecular weight excluding hydrogens is 402 g/mol. The number of amides is 2. The van der Waals surface area contributed by atoms with E-state index in [9.17, 15) is 4.79 Å². The number of nitrogens with one attached hydrogen (secondary N) is 4. The lowest BCUT2D eigenvalue weighted by molar-refractivity contribution is 0.252. The van der Waals surface area contributed by atoms with Gasteiger partial charge in [-0.05, 0) is 49.4 Å². The van der Waals surface area contributed by atoms with Crippen molar-refractivity contribution in [2.24, 2.45) is 0 Å². The molecule has 0 spiro atoms. The van der Waals surface area contributed by atoms with Crippen LogP contribution in [-0.4, -0.2) is 32.7 Å². The molecule has 8 heteroatoms. The van der Waals surface area contributed by atoms with Crippen molar-refractivity contribution in [3.8, 4) is 11.4 Å². The molecule has 2 amide bonds. The van der Waals surface area contributed by atoms with Crippen LogP contribution in [0.4, 0.5) is 22.0 Å². The first-order valence-electron chi connectivity index (χ1n) is 10.3. The zero-order valence-corrected chi connectivity index (χ0v) is 17.4. The van der Waals surface area contributed by atoms with Gasteiger partial charge in [0.05, 0.1) is 17.2 Å². The minimum atomic E-state index is -0.249. The number of fused-ring (bicyclic) bond motifs is 2. The van der Waals surface area contributed by atoms with Crippen LogP contribution in [0.15, 0.2) is 72.9 Å². The standard InChI is InChI=1S/C24H21N7O/c1-2-25-24(32)28-17-7-5-6-15(12-17)22-29-21-9-4-3-8-19(21)23(30-22)27-18-10-11-20-16(13-18)14-26-31-20/h3-14H,2H2,1H3,(H,26,31)(H2,25,28,32)(H,27,29,30). The van der Waals surface area contributed by atoms with E-state index in [0.29, 0.717) is 23.9 Å². The van der Waals surface area contributed by atoms with Gasteiger partial charge in [-0.1, -0.05) is 24.3 Å². The van der Waals surface area contributed by atoms with Crippen LogP contribution in [0.1, 0.15) is 6.92 Å². The maximum Gasteiger partial charge on any atom is 0.319 e. The molecule has 158 valence electrons. The van der Waals surface area contributed by atoms with Gasteiger partial charge in [0, 0.05) is 34.3 Å². The van der Waals surface area contributed by atoms with Crippen molar-refractivity contribution in [3.63, 3.8) is 0 Å². The predicted molar refractivity (Wildman–Crippen MR) is 127 cm³/mol. The van der Waals surface area contributed by atoms with E-state index in [1.165, 1.54) is 0 Å². The highest BCUT2D eigenvalue weighted by molar-refractivity contribution is 5.94. The van der Waals surface area contributed by atoms with Crippen molar-refractivity contribution in [1.82, 2.24) is 25.5 Å². The number of nitrogens with zero attached hydrogens (tertiary/aromatic N) is 3. The van der Waals surface area contributed by atoms with Crippen molar-refractivity contribution in [3.05, 3.63) is 72.9 Å². The summed E-state index contributed by atoms with van der Waals surface area (Å²) in [6.07, 6.45) is 1.79. The summed E-state index contributed by atoms with van der Waals surface area (Å²) in [5.41, 5.74) is 4.18. The molecule has 0 saturated heterocycles. The van der Waals surface area contributed by atoms with E-state index in [-0.39, 0.29) is 6.03 Å². The SMILES string of the molecule is CCNC(=O)Nc1cccc(-c2nc(Nc3ccc4[nH]ncc4c3)c3ccccc3n2)c1. The fourth-order valence-electron chi connectivity index (χ4n) is 3.53. The molecule has 5 rings (SSSR count). The number of benzene rings is 3. The Labute approximate surface area is 184 Å². The first-order valence-corrected chi connectivity index (χ1v) is 10.3. The Kier molecular flexibility index (Phi) is 5.09. The molecule has 4 N–H and O–H groups in total. The van der Waals surface area contributed by atoms with Crippen LogP contribution in [0.5, 0.6) is 0 Å². The molecule has 32 heavy (non-hydrogen) atoms. The van der Waals surface area contributed by atoms with Crippen LogP contribution in [0.2, 0.25) is 0 Å². The van der Waals surface area contributed by atoms with Crippen LogP contribution >= 0.6 is 0 Å². The summed E-state index contributed by atoms with van der Waals surface area (Å²) in [7, 11) is 0. The van der Waals surface area contributed by atoms with Gasteiger partial charge in [-0.3, -0.25) is 5.10 Å². The number of hydrogen-bond acceptors (Lipinski definition) is 5. The Balaban J connectivity index is 1.54. The molecule has 0 unspecified atom stereocenters. The summed E-state index contributed by atoms with van der Waals surface area (Å²) in [4.78, 5) is 21.5. The van der Waals surface area contributed by atoms with E-state index in [2.05, 4.69) is 26.1 Å².